The number of rotatable bonds is 5. The predicted octanol–water partition coefficient (Wildman–Crippen LogP) is 7.13. The summed E-state index contributed by atoms with van der Waals surface area (Å²) in [5.74, 6) is -18.0. The van der Waals surface area contributed by atoms with Crippen molar-refractivity contribution in [3.05, 3.63) is 0 Å². The third kappa shape index (κ3) is 4.21. The lowest BCUT2D eigenvalue weighted by atomic mass is 9.87. The molecule has 200 valence electrons. The third-order valence-corrected chi connectivity index (χ3v) is 3.45. The van der Waals surface area contributed by atoms with Crippen molar-refractivity contribution >= 4 is 0 Å². The molecule has 0 aromatic carbocycles. The Kier molecular flexibility index (Phi) is 7.10. The van der Waals surface area contributed by atoms with Gasteiger partial charge in [-0.2, -0.15) is 92.2 Å². The van der Waals surface area contributed by atoms with E-state index in [9.17, 15) is 96.6 Å². The molecule has 0 N–H and O–H groups in total. The van der Waals surface area contributed by atoms with Gasteiger partial charge >= 0.3 is 60.1 Å². The fourth-order valence-corrected chi connectivity index (χ4v) is 1.85. The second-order valence-electron chi connectivity index (χ2n) is 5.60. The first-order chi connectivity index (χ1) is 13.7. The van der Waals surface area contributed by atoms with Gasteiger partial charge in [0, 0.05) is 0 Å². The van der Waals surface area contributed by atoms with E-state index in [1.165, 1.54) is 0 Å². The molecule has 0 aliphatic rings. The van der Waals surface area contributed by atoms with E-state index in [-0.39, 0.29) is 0 Å². The van der Waals surface area contributed by atoms with Gasteiger partial charge < -0.3 is 0 Å². The largest absolute Gasteiger partial charge is 0.460 e. The summed E-state index contributed by atoms with van der Waals surface area (Å²) in [5.41, 5.74) is -18.0. The molecule has 1 nitrogen and oxygen atoms in total. The summed E-state index contributed by atoms with van der Waals surface area (Å²) in [6.45, 7) is 0. The van der Waals surface area contributed by atoms with E-state index in [2.05, 4.69) is 0 Å². The number of hydrogen-bond donors (Lipinski definition) is 0. The zero-order valence-electron chi connectivity index (χ0n) is 13.7. The summed E-state index contributed by atoms with van der Waals surface area (Å²) in [6.07, 6.45) is -51.6. The molecule has 0 saturated heterocycles. The van der Waals surface area contributed by atoms with Crippen LogP contribution in [-0.4, -0.2) is 60.1 Å². The van der Waals surface area contributed by atoms with Crippen molar-refractivity contribution in [2.24, 2.45) is 0 Å². The van der Waals surface area contributed by atoms with Gasteiger partial charge in [-0.05, 0) is 0 Å². The first kappa shape index (κ1) is 31.4. The molecule has 33 heavy (non-hydrogen) atoms. The fourth-order valence-electron chi connectivity index (χ4n) is 1.85. The van der Waals surface area contributed by atoms with Crippen LogP contribution in [0.15, 0.2) is 0 Å². The lowest BCUT2D eigenvalue weighted by molar-refractivity contribution is -0.544. The molecular weight excluding hydrogens is 554 g/mol. The van der Waals surface area contributed by atoms with Crippen LogP contribution in [0.2, 0.25) is 0 Å². The molecule has 0 amide bonds. The average Bonchev–Trinajstić information content (AvgIpc) is 2.45. The minimum Gasteiger partial charge on any atom is -0.286 e. The summed E-state index contributed by atoms with van der Waals surface area (Å²) in [5, 5.41) is 0. The molecule has 0 saturated carbocycles. The highest BCUT2D eigenvalue weighted by molar-refractivity contribution is 5.16. The lowest BCUT2D eigenvalue weighted by Gasteiger charge is -2.47. The monoisotopic (exact) mass is 554 g/mol. The Morgan fingerprint density at radius 2 is 0.576 bits per heavy atom. The SMILES string of the molecule is FC(F)(F)C(F)(F)C(F)(F)C(OC(F)(F)C(F)(C(F)(F)F)C(F)(F)F)(C(F)(F)F)C(F)(F)F. The van der Waals surface area contributed by atoms with E-state index in [0.717, 1.165) is 4.74 Å². The zero-order valence-corrected chi connectivity index (χ0v) is 13.7. The van der Waals surface area contributed by atoms with Gasteiger partial charge in [0.2, 0.25) is 0 Å². The van der Waals surface area contributed by atoms with Gasteiger partial charge in [-0.3, -0.25) is 4.74 Å². The molecule has 0 aliphatic heterocycles. The second-order valence-corrected chi connectivity index (χ2v) is 5.60. The molecule has 0 heterocycles. The molecule has 0 unspecified atom stereocenters. The Morgan fingerprint density at radius 1 is 0.303 bits per heavy atom. The minimum atomic E-state index is -9.23. The lowest BCUT2D eigenvalue weighted by Crippen LogP contribution is -2.79. The first-order valence-electron chi connectivity index (χ1n) is 6.57. The molecular formula is C10F22O. The minimum absolute atomic E-state index is 0.791. The van der Waals surface area contributed by atoms with Crippen LogP contribution in [0.4, 0.5) is 96.6 Å². The summed E-state index contributed by atoms with van der Waals surface area (Å²) >= 11 is 0. The van der Waals surface area contributed by atoms with Crippen LogP contribution >= 0.6 is 0 Å². The Morgan fingerprint density at radius 3 is 0.758 bits per heavy atom. The smallest absolute Gasteiger partial charge is 0.286 e. The molecule has 0 aromatic heterocycles. The van der Waals surface area contributed by atoms with E-state index < -0.39 is 60.1 Å². The summed E-state index contributed by atoms with van der Waals surface area (Å²) in [6, 6.07) is 0. The van der Waals surface area contributed by atoms with Crippen LogP contribution < -0.4 is 0 Å². The van der Waals surface area contributed by atoms with E-state index in [1.54, 1.807) is 0 Å². The van der Waals surface area contributed by atoms with Gasteiger partial charge in [0.25, 0.3) is 0 Å². The van der Waals surface area contributed by atoms with Crippen LogP contribution in [0, 0.1) is 0 Å². The third-order valence-electron chi connectivity index (χ3n) is 3.45. The number of hydrogen-bond acceptors (Lipinski definition) is 1. The summed E-state index contributed by atoms with van der Waals surface area (Å²) in [7, 11) is 0. The van der Waals surface area contributed by atoms with E-state index in [4.69, 9.17) is 0 Å². The maximum atomic E-state index is 13.5. The number of ether oxygens (including phenoxy) is 1. The number of alkyl halides is 22. The second kappa shape index (κ2) is 7.46. The molecule has 0 bridgehead atoms. The van der Waals surface area contributed by atoms with Crippen LogP contribution in [0.3, 0.4) is 0 Å². The predicted molar refractivity (Wildman–Crippen MR) is 52.8 cm³/mol. The van der Waals surface area contributed by atoms with E-state index in [1.807, 2.05) is 0 Å². The Balaban J connectivity index is 7.71. The molecule has 0 rings (SSSR count). The van der Waals surface area contributed by atoms with Crippen molar-refractivity contribution < 1.29 is 101 Å². The highest BCUT2D eigenvalue weighted by Crippen LogP contribution is 2.65. The number of halogens is 22. The maximum Gasteiger partial charge on any atom is 0.460 e. The van der Waals surface area contributed by atoms with Gasteiger partial charge in [0.1, 0.15) is 0 Å². The van der Waals surface area contributed by atoms with Crippen molar-refractivity contribution in [3.8, 4) is 0 Å². The first-order valence-corrected chi connectivity index (χ1v) is 6.57. The highest BCUT2D eigenvalue weighted by atomic mass is 19.4. The summed E-state index contributed by atoms with van der Waals surface area (Å²) < 4.78 is 280. The Hall–Kier alpha value is -1.58. The van der Waals surface area contributed by atoms with Crippen molar-refractivity contribution in [3.63, 3.8) is 0 Å². The molecule has 0 fully saturated rings. The average molecular weight is 554 g/mol. The molecule has 23 heteroatoms. The van der Waals surface area contributed by atoms with Gasteiger partial charge in [-0.1, -0.05) is 0 Å². The normalized spacial score (nSPS) is 16.9. The Labute approximate surface area is 163 Å². The van der Waals surface area contributed by atoms with Crippen LogP contribution in [-0.2, 0) is 4.74 Å². The molecule has 0 radical (unpaired) electrons. The highest BCUT2D eigenvalue weighted by Gasteiger charge is 2.97. The van der Waals surface area contributed by atoms with Crippen LogP contribution in [0.25, 0.3) is 0 Å². The van der Waals surface area contributed by atoms with Gasteiger partial charge in [0.05, 0.1) is 0 Å². The van der Waals surface area contributed by atoms with Crippen molar-refractivity contribution in [1.29, 1.82) is 0 Å². The topological polar surface area (TPSA) is 9.23 Å². The standard InChI is InChI=1S/C10F22O/c11-1(5(16,17)18,6(19,20)21)10(31,32)33-2(7(22,23)24,8(25,26)27)3(12,13)4(14,15)9(28,29)30. The summed E-state index contributed by atoms with van der Waals surface area (Å²) in [4.78, 5) is 0. The van der Waals surface area contributed by atoms with Gasteiger partial charge in [-0.15, -0.1) is 0 Å². The molecule has 0 aliphatic carbocycles. The van der Waals surface area contributed by atoms with Gasteiger partial charge in [0.15, 0.2) is 0 Å². The quantitative estimate of drug-likeness (QED) is 0.329. The van der Waals surface area contributed by atoms with E-state index in [0.29, 0.717) is 0 Å². The van der Waals surface area contributed by atoms with Crippen LogP contribution in [0.1, 0.15) is 0 Å². The van der Waals surface area contributed by atoms with Crippen molar-refractivity contribution in [2.75, 3.05) is 0 Å². The molecule has 0 atom stereocenters. The van der Waals surface area contributed by atoms with Crippen molar-refractivity contribution in [2.45, 2.75) is 60.1 Å². The molecule has 0 spiro atoms. The van der Waals surface area contributed by atoms with Gasteiger partial charge in [-0.25, -0.2) is 4.39 Å². The van der Waals surface area contributed by atoms with Crippen LogP contribution in [0.5, 0.6) is 0 Å². The maximum absolute atomic E-state index is 13.5. The van der Waals surface area contributed by atoms with E-state index >= 15 is 0 Å². The van der Waals surface area contributed by atoms with Crippen molar-refractivity contribution in [1.82, 2.24) is 0 Å². The Bertz CT molecular complexity index is 667. The fraction of sp³-hybridized carbons (Fsp3) is 1.00. The zero-order chi connectivity index (χ0) is 27.7. The molecule has 0 aromatic rings.